The van der Waals surface area contributed by atoms with Gasteiger partial charge in [-0.3, -0.25) is 14.5 Å². The van der Waals surface area contributed by atoms with E-state index in [1.165, 1.54) is 16.2 Å². The summed E-state index contributed by atoms with van der Waals surface area (Å²) in [6.07, 6.45) is 3.90. The van der Waals surface area contributed by atoms with Gasteiger partial charge in [-0.05, 0) is 80.6 Å². The van der Waals surface area contributed by atoms with E-state index < -0.39 is 0 Å². The highest BCUT2D eigenvalue weighted by atomic mass is 35.5. The molecule has 2 aliphatic heterocycles. The van der Waals surface area contributed by atoms with E-state index in [4.69, 9.17) is 11.6 Å². The number of imide groups is 1. The molecule has 0 saturated carbocycles. The van der Waals surface area contributed by atoms with Crippen molar-refractivity contribution in [2.45, 2.75) is 58.9 Å². The van der Waals surface area contributed by atoms with E-state index in [1.54, 1.807) is 13.0 Å². The van der Waals surface area contributed by atoms with Gasteiger partial charge in [0.1, 0.15) is 0 Å². The van der Waals surface area contributed by atoms with E-state index in [9.17, 15) is 9.59 Å². The number of hydrogen-bond acceptors (Lipinski definition) is 4. The number of carbonyl (C=O) groups excluding carboxylic acids is 2. The van der Waals surface area contributed by atoms with Crippen molar-refractivity contribution in [3.05, 3.63) is 33.2 Å². The maximum Gasteiger partial charge on any atom is 0.293 e. The van der Waals surface area contributed by atoms with E-state index in [1.807, 2.05) is 6.07 Å². The fourth-order valence-electron chi connectivity index (χ4n) is 4.19. The van der Waals surface area contributed by atoms with Gasteiger partial charge in [0.05, 0.1) is 4.91 Å². The first kappa shape index (κ1) is 20.3. The first-order valence-electron chi connectivity index (χ1n) is 9.56. The molecule has 3 rings (SSSR count). The van der Waals surface area contributed by atoms with Crippen LogP contribution in [-0.4, -0.2) is 34.7 Å². The molecule has 1 unspecified atom stereocenters. The Morgan fingerprint density at radius 2 is 2.00 bits per heavy atom. The SMILES string of the molecule is CCCN1c2cc(Cl)c(/C=C3/SC(=O)N(CC)C3=O)cc2C(C)CC1(C)C. The Bertz CT molecular complexity index is 819. The Labute approximate surface area is 170 Å². The number of rotatable bonds is 4. The maximum absolute atomic E-state index is 12.4. The zero-order chi connectivity index (χ0) is 19.9. The number of fused-ring (bicyclic) bond motifs is 1. The van der Waals surface area contributed by atoms with Gasteiger partial charge in [0.2, 0.25) is 0 Å². The van der Waals surface area contributed by atoms with Gasteiger partial charge in [-0.1, -0.05) is 25.4 Å². The molecule has 6 heteroatoms. The Kier molecular flexibility index (Phi) is 5.64. The first-order valence-corrected chi connectivity index (χ1v) is 10.8. The molecule has 0 aromatic heterocycles. The second kappa shape index (κ2) is 7.51. The fraction of sp³-hybridized carbons (Fsp3) is 0.524. The second-order valence-corrected chi connectivity index (χ2v) is 9.33. The average Bonchev–Trinajstić information content (AvgIpc) is 2.85. The van der Waals surface area contributed by atoms with Crippen LogP contribution >= 0.6 is 23.4 Å². The molecule has 27 heavy (non-hydrogen) atoms. The van der Waals surface area contributed by atoms with Crippen molar-refractivity contribution < 1.29 is 9.59 Å². The molecule has 0 aliphatic carbocycles. The van der Waals surface area contributed by atoms with Crippen LogP contribution in [0.5, 0.6) is 0 Å². The number of nitrogens with zero attached hydrogens (tertiary/aromatic N) is 2. The highest BCUT2D eigenvalue weighted by molar-refractivity contribution is 8.18. The summed E-state index contributed by atoms with van der Waals surface area (Å²) in [5.74, 6) is 0.168. The third-order valence-electron chi connectivity index (χ3n) is 5.43. The molecule has 1 atom stereocenters. The minimum absolute atomic E-state index is 0.0804. The van der Waals surface area contributed by atoms with Crippen LogP contribution in [0.2, 0.25) is 5.02 Å². The standard InChI is InChI=1S/C21H27ClN2O2S/c1-6-8-24-17-11-16(22)14(9-15(17)13(3)12-21(24,4)5)10-18-19(25)23(7-2)20(26)27-18/h9-11,13H,6-8,12H2,1-5H3/b18-10+. The van der Waals surface area contributed by atoms with Gasteiger partial charge in [0.15, 0.2) is 0 Å². The van der Waals surface area contributed by atoms with E-state index >= 15 is 0 Å². The molecular formula is C21H27ClN2O2S. The van der Waals surface area contributed by atoms with Gasteiger partial charge in [-0.15, -0.1) is 0 Å². The molecule has 2 heterocycles. The lowest BCUT2D eigenvalue weighted by Crippen LogP contribution is -2.48. The zero-order valence-electron chi connectivity index (χ0n) is 16.6. The van der Waals surface area contributed by atoms with Gasteiger partial charge in [-0.25, -0.2) is 0 Å². The number of thioether (sulfide) groups is 1. The molecule has 146 valence electrons. The number of carbonyl (C=O) groups is 2. The van der Waals surface area contributed by atoms with Crippen molar-refractivity contribution in [3.63, 3.8) is 0 Å². The molecule has 1 aromatic carbocycles. The molecule has 1 fully saturated rings. The van der Waals surface area contributed by atoms with Crippen LogP contribution in [0.4, 0.5) is 10.5 Å². The smallest absolute Gasteiger partial charge is 0.293 e. The molecule has 0 spiro atoms. The monoisotopic (exact) mass is 406 g/mol. The van der Waals surface area contributed by atoms with E-state index in [-0.39, 0.29) is 16.7 Å². The normalized spacial score (nSPS) is 23.3. The number of benzene rings is 1. The summed E-state index contributed by atoms with van der Waals surface area (Å²) < 4.78 is 0. The molecule has 1 saturated heterocycles. The van der Waals surface area contributed by atoms with Crippen LogP contribution in [0.15, 0.2) is 17.0 Å². The summed E-state index contributed by atoms with van der Waals surface area (Å²) in [7, 11) is 0. The summed E-state index contributed by atoms with van der Waals surface area (Å²) in [5, 5.41) is 0.398. The summed E-state index contributed by atoms with van der Waals surface area (Å²) in [6, 6.07) is 4.13. The molecule has 0 N–H and O–H groups in total. The molecule has 0 bridgehead atoms. The third-order valence-corrected chi connectivity index (χ3v) is 6.66. The fourth-order valence-corrected chi connectivity index (χ4v) is 5.30. The van der Waals surface area contributed by atoms with Gasteiger partial charge < -0.3 is 4.90 Å². The average molecular weight is 407 g/mol. The van der Waals surface area contributed by atoms with E-state index in [2.05, 4.69) is 38.7 Å². The molecule has 1 aromatic rings. The molecule has 2 amide bonds. The van der Waals surface area contributed by atoms with Crippen LogP contribution in [-0.2, 0) is 4.79 Å². The molecule has 4 nitrogen and oxygen atoms in total. The van der Waals surface area contributed by atoms with Gasteiger partial charge in [0, 0.05) is 29.3 Å². The van der Waals surface area contributed by atoms with Crippen LogP contribution < -0.4 is 4.90 Å². The van der Waals surface area contributed by atoms with Crippen molar-refractivity contribution in [1.82, 2.24) is 4.90 Å². The number of hydrogen-bond donors (Lipinski definition) is 0. The molecular weight excluding hydrogens is 380 g/mol. The number of anilines is 1. The van der Waals surface area contributed by atoms with Crippen LogP contribution in [0.3, 0.4) is 0 Å². The van der Waals surface area contributed by atoms with Crippen molar-refractivity contribution in [1.29, 1.82) is 0 Å². The highest BCUT2D eigenvalue weighted by Gasteiger charge is 2.37. The number of halogens is 1. The van der Waals surface area contributed by atoms with E-state index in [0.717, 1.165) is 36.7 Å². The lowest BCUT2D eigenvalue weighted by atomic mass is 9.79. The van der Waals surface area contributed by atoms with Crippen molar-refractivity contribution in [2.24, 2.45) is 0 Å². The second-order valence-electron chi connectivity index (χ2n) is 7.93. The Morgan fingerprint density at radius 3 is 2.59 bits per heavy atom. The number of likely N-dealkylation sites (N-methyl/N-ethyl adjacent to an activating group) is 1. The third kappa shape index (κ3) is 3.64. The summed E-state index contributed by atoms with van der Waals surface area (Å²) in [5.41, 5.74) is 3.33. The Balaban J connectivity index is 2.04. The highest BCUT2D eigenvalue weighted by Crippen LogP contribution is 2.46. The molecule has 2 aliphatic rings. The minimum atomic E-state index is -0.233. The Morgan fingerprint density at radius 1 is 1.30 bits per heavy atom. The topological polar surface area (TPSA) is 40.6 Å². The predicted octanol–water partition coefficient (Wildman–Crippen LogP) is 5.90. The molecule has 0 radical (unpaired) electrons. The lowest BCUT2D eigenvalue weighted by Gasteiger charge is -2.47. The van der Waals surface area contributed by atoms with E-state index in [0.29, 0.717) is 22.4 Å². The van der Waals surface area contributed by atoms with Crippen LogP contribution in [0.1, 0.15) is 64.5 Å². The number of amides is 2. The summed E-state index contributed by atoms with van der Waals surface area (Å²) in [6.45, 7) is 12.2. The largest absolute Gasteiger partial charge is 0.366 e. The zero-order valence-corrected chi connectivity index (χ0v) is 18.2. The van der Waals surface area contributed by atoms with Crippen LogP contribution in [0.25, 0.3) is 6.08 Å². The van der Waals surface area contributed by atoms with Crippen molar-refractivity contribution >= 4 is 46.3 Å². The first-order chi connectivity index (χ1) is 12.7. The van der Waals surface area contributed by atoms with Gasteiger partial charge in [-0.2, -0.15) is 0 Å². The van der Waals surface area contributed by atoms with Crippen molar-refractivity contribution in [2.75, 3.05) is 18.0 Å². The van der Waals surface area contributed by atoms with Gasteiger partial charge >= 0.3 is 0 Å². The predicted molar refractivity (Wildman–Crippen MR) is 115 cm³/mol. The minimum Gasteiger partial charge on any atom is -0.366 e. The van der Waals surface area contributed by atoms with Crippen LogP contribution in [0, 0.1) is 0 Å². The van der Waals surface area contributed by atoms with Crippen molar-refractivity contribution in [3.8, 4) is 0 Å². The Hall–Kier alpha value is -1.46. The lowest BCUT2D eigenvalue weighted by molar-refractivity contribution is -0.122. The summed E-state index contributed by atoms with van der Waals surface area (Å²) >= 11 is 7.60. The summed E-state index contributed by atoms with van der Waals surface area (Å²) in [4.78, 5) is 28.5. The van der Waals surface area contributed by atoms with Gasteiger partial charge in [0.25, 0.3) is 11.1 Å². The quantitative estimate of drug-likeness (QED) is 0.584. The maximum atomic E-state index is 12.4.